The number of hydrogen-bond donors (Lipinski definition) is 3. The summed E-state index contributed by atoms with van der Waals surface area (Å²) in [7, 11) is 1.77. The highest BCUT2D eigenvalue weighted by Crippen LogP contribution is 2.17. The molecule has 5 heteroatoms. The van der Waals surface area contributed by atoms with Gasteiger partial charge in [-0.1, -0.05) is 12.1 Å². The van der Waals surface area contributed by atoms with E-state index >= 15 is 0 Å². The van der Waals surface area contributed by atoms with Crippen LogP contribution < -0.4 is 5.32 Å². The Morgan fingerprint density at radius 2 is 2.00 bits per heavy atom. The Hall–Kier alpha value is -0.480. The van der Waals surface area contributed by atoms with E-state index in [-0.39, 0.29) is 30.6 Å². The maximum Gasteiger partial charge on any atom is 0.115 e. The molecule has 1 aromatic carbocycles. The Morgan fingerprint density at radius 3 is 2.50 bits per heavy atom. The fourth-order valence-corrected chi connectivity index (χ4v) is 1.04. The van der Waals surface area contributed by atoms with E-state index in [1.807, 2.05) is 0 Å². The number of hydrogen-bond acceptors (Lipinski definition) is 3. The Morgan fingerprint density at radius 1 is 1.36 bits per heavy atom. The molecule has 82 valence electrons. The number of rotatable bonds is 3. The minimum atomic E-state index is -0.554. The predicted octanol–water partition coefficient (Wildman–Crippen LogP) is 1.49. The van der Waals surface area contributed by atoms with Gasteiger partial charge in [-0.15, -0.1) is 24.8 Å². The van der Waals surface area contributed by atoms with Crippen molar-refractivity contribution in [3.8, 4) is 5.75 Å². The van der Waals surface area contributed by atoms with Crippen LogP contribution in [0, 0.1) is 0 Å². The molecule has 1 atom stereocenters. The topological polar surface area (TPSA) is 52.5 Å². The van der Waals surface area contributed by atoms with Gasteiger partial charge in [-0.3, -0.25) is 0 Å². The third-order valence-electron chi connectivity index (χ3n) is 1.65. The number of aliphatic hydroxyl groups excluding tert-OH is 1. The number of aromatic hydroxyl groups is 1. The van der Waals surface area contributed by atoms with Crippen LogP contribution in [0.25, 0.3) is 0 Å². The highest BCUT2D eigenvalue weighted by atomic mass is 35.5. The number of aliphatic hydroxyl groups is 1. The molecule has 3 N–H and O–H groups in total. The molecule has 0 amide bonds. The van der Waals surface area contributed by atoms with Gasteiger partial charge in [-0.25, -0.2) is 0 Å². The number of nitrogens with one attached hydrogen (secondary N) is 1. The van der Waals surface area contributed by atoms with Crippen LogP contribution in [0.2, 0.25) is 0 Å². The third-order valence-corrected chi connectivity index (χ3v) is 1.65. The molecule has 0 saturated heterocycles. The summed E-state index contributed by atoms with van der Waals surface area (Å²) in [5.41, 5.74) is 0.726. The fraction of sp³-hybridized carbons (Fsp3) is 0.333. The van der Waals surface area contributed by atoms with Crippen LogP contribution in [-0.2, 0) is 0 Å². The monoisotopic (exact) mass is 239 g/mol. The number of likely N-dealkylation sites (N-methyl/N-ethyl adjacent to an activating group) is 1. The van der Waals surface area contributed by atoms with Crippen molar-refractivity contribution in [3.05, 3.63) is 29.8 Å². The van der Waals surface area contributed by atoms with Crippen molar-refractivity contribution in [2.45, 2.75) is 6.10 Å². The number of phenolic OH excluding ortho intramolecular Hbond substituents is 1. The molecule has 0 unspecified atom stereocenters. The summed E-state index contributed by atoms with van der Waals surface area (Å²) >= 11 is 0. The lowest BCUT2D eigenvalue weighted by Crippen LogP contribution is -2.16. The minimum absolute atomic E-state index is 0. The summed E-state index contributed by atoms with van der Waals surface area (Å²) in [5, 5.41) is 21.4. The normalized spacial score (nSPS) is 11.0. The van der Waals surface area contributed by atoms with Gasteiger partial charge in [0.15, 0.2) is 0 Å². The second-order valence-corrected chi connectivity index (χ2v) is 2.67. The van der Waals surface area contributed by atoms with Gasteiger partial charge in [0, 0.05) is 6.54 Å². The number of phenols is 1. The van der Waals surface area contributed by atoms with Crippen LogP contribution in [0.15, 0.2) is 24.3 Å². The van der Waals surface area contributed by atoms with E-state index in [9.17, 15) is 5.11 Å². The van der Waals surface area contributed by atoms with Crippen molar-refractivity contribution in [2.24, 2.45) is 0 Å². The zero-order valence-corrected chi connectivity index (χ0v) is 9.44. The largest absolute Gasteiger partial charge is 0.508 e. The molecule has 0 heterocycles. The van der Waals surface area contributed by atoms with Crippen molar-refractivity contribution in [1.29, 1.82) is 0 Å². The van der Waals surface area contributed by atoms with Crippen LogP contribution in [0.5, 0.6) is 5.75 Å². The molecule has 0 bridgehead atoms. The van der Waals surface area contributed by atoms with Gasteiger partial charge in [0.1, 0.15) is 5.75 Å². The van der Waals surface area contributed by atoms with Crippen molar-refractivity contribution in [2.75, 3.05) is 13.6 Å². The molecule has 3 nitrogen and oxygen atoms in total. The quantitative estimate of drug-likeness (QED) is 0.750. The van der Waals surface area contributed by atoms with E-state index < -0.39 is 6.10 Å². The van der Waals surface area contributed by atoms with E-state index in [0.717, 1.165) is 5.56 Å². The van der Waals surface area contributed by atoms with Gasteiger partial charge in [-0.2, -0.15) is 0 Å². The van der Waals surface area contributed by atoms with Crippen LogP contribution in [0.3, 0.4) is 0 Å². The van der Waals surface area contributed by atoms with Gasteiger partial charge >= 0.3 is 0 Å². The zero-order valence-electron chi connectivity index (χ0n) is 7.80. The lowest BCUT2D eigenvalue weighted by Gasteiger charge is -2.09. The van der Waals surface area contributed by atoms with Crippen molar-refractivity contribution in [3.63, 3.8) is 0 Å². The molecule has 1 aromatic rings. The number of benzene rings is 1. The number of halogens is 2. The molecule has 0 saturated carbocycles. The summed E-state index contributed by atoms with van der Waals surface area (Å²) in [5.74, 6) is 0.183. The molecule has 0 aromatic heterocycles. The van der Waals surface area contributed by atoms with E-state index in [1.54, 1.807) is 31.3 Å². The third kappa shape index (κ3) is 4.67. The first-order valence-electron chi connectivity index (χ1n) is 3.85. The molecule has 1 rings (SSSR count). The second-order valence-electron chi connectivity index (χ2n) is 2.67. The lowest BCUT2D eigenvalue weighted by molar-refractivity contribution is 0.177. The van der Waals surface area contributed by atoms with Crippen molar-refractivity contribution >= 4 is 24.8 Å². The highest BCUT2D eigenvalue weighted by Gasteiger charge is 2.05. The first kappa shape index (κ1) is 16.0. The summed E-state index contributed by atoms with van der Waals surface area (Å²) < 4.78 is 0. The molecule has 0 aliphatic carbocycles. The highest BCUT2D eigenvalue weighted by molar-refractivity contribution is 5.85. The Labute approximate surface area is 96.0 Å². The average Bonchev–Trinajstić information content (AvgIpc) is 2.05. The van der Waals surface area contributed by atoms with Crippen molar-refractivity contribution < 1.29 is 10.2 Å². The molecule has 0 radical (unpaired) electrons. The van der Waals surface area contributed by atoms with Crippen LogP contribution in [-0.4, -0.2) is 23.8 Å². The Kier molecular flexibility index (Phi) is 8.99. The van der Waals surface area contributed by atoms with Crippen LogP contribution >= 0.6 is 24.8 Å². The molecule has 0 spiro atoms. The standard InChI is InChI=1S/C9H13NO2.2ClH/c1-10-6-9(12)7-3-2-4-8(11)5-7;;/h2-5,9-12H,6H2,1H3;2*1H/t9-;;/m0../s1. The molecular weight excluding hydrogens is 225 g/mol. The molecule has 14 heavy (non-hydrogen) atoms. The molecule has 0 aliphatic rings. The smallest absolute Gasteiger partial charge is 0.115 e. The predicted molar refractivity (Wildman–Crippen MR) is 61.5 cm³/mol. The van der Waals surface area contributed by atoms with E-state index in [0.29, 0.717) is 6.54 Å². The van der Waals surface area contributed by atoms with Gasteiger partial charge in [0.05, 0.1) is 6.10 Å². The molecule has 0 fully saturated rings. The summed E-state index contributed by atoms with van der Waals surface area (Å²) in [6.45, 7) is 0.490. The molecule has 0 aliphatic heterocycles. The van der Waals surface area contributed by atoms with Gasteiger partial charge in [0.25, 0.3) is 0 Å². The first-order valence-corrected chi connectivity index (χ1v) is 3.85. The van der Waals surface area contributed by atoms with E-state index in [1.165, 1.54) is 0 Å². The summed E-state index contributed by atoms with van der Waals surface area (Å²) in [6, 6.07) is 6.63. The Bertz CT molecular complexity index is 258. The maximum absolute atomic E-state index is 9.47. The SMILES string of the molecule is CNC[C@H](O)c1cccc(O)c1.Cl.Cl. The first-order chi connectivity index (χ1) is 5.74. The molecular formula is C9H15Cl2NO2. The van der Waals surface area contributed by atoms with Crippen LogP contribution in [0.4, 0.5) is 0 Å². The zero-order chi connectivity index (χ0) is 8.97. The van der Waals surface area contributed by atoms with Gasteiger partial charge in [-0.05, 0) is 24.7 Å². The average molecular weight is 240 g/mol. The van der Waals surface area contributed by atoms with E-state index in [4.69, 9.17) is 5.11 Å². The van der Waals surface area contributed by atoms with Crippen LogP contribution in [0.1, 0.15) is 11.7 Å². The Balaban J connectivity index is 0. The van der Waals surface area contributed by atoms with Gasteiger partial charge in [0.2, 0.25) is 0 Å². The van der Waals surface area contributed by atoms with Crippen molar-refractivity contribution in [1.82, 2.24) is 5.32 Å². The maximum atomic E-state index is 9.47. The second kappa shape index (κ2) is 7.88. The lowest BCUT2D eigenvalue weighted by atomic mass is 10.1. The fourth-order valence-electron chi connectivity index (χ4n) is 1.04. The van der Waals surface area contributed by atoms with Gasteiger partial charge < -0.3 is 15.5 Å². The minimum Gasteiger partial charge on any atom is -0.508 e. The van der Waals surface area contributed by atoms with E-state index in [2.05, 4.69) is 5.32 Å². The summed E-state index contributed by atoms with van der Waals surface area (Å²) in [4.78, 5) is 0. The summed E-state index contributed by atoms with van der Waals surface area (Å²) in [6.07, 6.45) is -0.554.